The Labute approximate surface area is 251 Å². The van der Waals surface area contributed by atoms with Crippen molar-refractivity contribution in [2.24, 2.45) is 0 Å². The second-order valence-electron chi connectivity index (χ2n) is 7.35. The SMILES string of the molecule is C=C/C=C(\NC(C)=O)C(=O)OC.C=CC[C@H](NC(C)=O)C(=O)OC.CCC[C@H](NC(C)=O)C(=O)OC.[CH2-]CC.[Rh]. The van der Waals surface area contributed by atoms with Crippen LogP contribution in [-0.2, 0) is 62.5 Å². The Kier molecular flexibility index (Phi) is 37.1. The first-order valence-electron chi connectivity index (χ1n) is 12.0. The molecule has 0 aromatic rings. The first kappa shape index (κ1) is 46.5. The van der Waals surface area contributed by atoms with Gasteiger partial charge in [0.2, 0.25) is 17.7 Å². The average molecular weight is 660 g/mol. The van der Waals surface area contributed by atoms with Crippen molar-refractivity contribution >= 4 is 35.6 Å². The minimum Gasteiger partial charge on any atom is -0.467 e. The number of carbonyl (C=O) groups is 6. The van der Waals surface area contributed by atoms with Gasteiger partial charge >= 0.3 is 17.9 Å². The van der Waals surface area contributed by atoms with Crippen LogP contribution < -0.4 is 16.0 Å². The van der Waals surface area contributed by atoms with Gasteiger partial charge in [-0.15, -0.1) is 6.58 Å². The van der Waals surface area contributed by atoms with E-state index in [9.17, 15) is 28.8 Å². The van der Waals surface area contributed by atoms with Crippen LogP contribution in [0.15, 0.2) is 37.1 Å². The van der Waals surface area contributed by atoms with Gasteiger partial charge in [0.15, 0.2) is 0 Å². The zero-order chi connectivity index (χ0) is 31.4. The van der Waals surface area contributed by atoms with Crippen LogP contribution in [0.1, 0.15) is 60.3 Å². The van der Waals surface area contributed by atoms with Gasteiger partial charge in [0, 0.05) is 40.2 Å². The van der Waals surface area contributed by atoms with Crippen LogP contribution in [0.2, 0.25) is 0 Å². The Morgan fingerprint density at radius 2 is 1.23 bits per heavy atom. The van der Waals surface area contributed by atoms with Gasteiger partial charge < -0.3 is 37.1 Å². The second-order valence-corrected chi connectivity index (χ2v) is 7.35. The van der Waals surface area contributed by atoms with Crippen LogP contribution in [0.4, 0.5) is 0 Å². The Bertz CT molecular complexity index is 815. The minimum atomic E-state index is -0.606. The van der Waals surface area contributed by atoms with Gasteiger partial charge in [-0.1, -0.05) is 39.0 Å². The van der Waals surface area contributed by atoms with Gasteiger partial charge in [-0.2, -0.15) is 6.42 Å². The number of ether oxygens (including phenoxy) is 3. The summed E-state index contributed by atoms with van der Waals surface area (Å²) in [6.07, 6.45) is 7.14. The largest absolute Gasteiger partial charge is 0.467 e. The van der Waals surface area contributed by atoms with Gasteiger partial charge in [-0.3, -0.25) is 14.4 Å². The maximum Gasteiger partial charge on any atom is 0.354 e. The Morgan fingerprint density at radius 1 is 0.800 bits per heavy atom. The summed E-state index contributed by atoms with van der Waals surface area (Å²) in [5, 5.41) is 7.27. The van der Waals surface area contributed by atoms with Crippen molar-refractivity contribution in [2.75, 3.05) is 21.3 Å². The summed E-state index contributed by atoms with van der Waals surface area (Å²) >= 11 is 0. The zero-order valence-corrected chi connectivity index (χ0v) is 26.5. The molecule has 3 N–H and O–H groups in total. The van der Waals surface area contributed by atoms with E-state index in [2.05, 4.69) is 50.2 Å². The zero-order valence-electron chi connectivity index (χ0n) is 24.8. The van der Waals surface area contributed by atoms with E-state index in [4.69, 9.17) is 0 Å². The average Bonchev–Trinajstić information content (AvgIpc) is 2.87. The number of carbonyl (C=O) groups excluding carboxylic acids is 6. The predicted octanol–water partition coefficient (Wildman–Crippen LogP) is 2.30. The van der Waals surface area contributed by atoms with E-state index in [1.54, 1.807) is 6.08 Å². The Balaban J connectivity index is -0.000000144. The molecule has 0 spiro atoms. The molecule has 0 saturated heterocycles. The standard InChI is InChI=1S/C8H15NO3.C8H13NO3.C8H11NO3.C3H7.Rh/c3*1-4-5-7(8(11)12-3)9-6(2)10;1-3-2;/h7H,4-5H2,1-3H3,(H,9,10);4,7H,1,5H2,2-3H3,(H,9,10);4-5H,1H2,2-3H3,(H,9,10);1,3H2,2H3;/q;;;-1;/b;;7-5-;;/t2*7-;;;/m00.../s1. The number of hydrogen-bond donors (Lipinski definition) is 3. The second kappa shape index (κ2) is 31.9. The molecule has 233 valence electrons. The van der Waals surface area contributed by atoms with Gasteiger partial charge in [0.1, 0.15) is 17.8 Å². The van der Waals surface area contributed by atoms with Crippen molar-refractivity contribution in [3.05, 3.63) is 44.0 Å². The Morgan fingerprint density at radius 3 is 1.52 bits per heavy atom. The van der Waals surface area contributed by atoms with E-state index in [1.807, 2.05) is 13.8 Å². The first-order chi connectivity index (χ1) is 18.3. The van der Waals surface area contributed by atoms with Crippen LogP contribution in [0.3, 0.4) is 0 Å². The third kappa shape index (κ3) is 30.9. The molecule has 13 heteroatoms. The molecule has 0 fully saturated rings. The topological polar surface area (TPSA) is 166 Å². The molecule has 0 aliphatic carbocycles. The van der Waals surface area contributed by atoms with Gasteiger partial charge in [-0.25, -0.2) is 14.4 Å². The fraction of sp³-hybridized carbons (Fsp3) is 0.519. The van der Waals surface area contributed by atoms with Crippen LogP contribution in [-0.4, -0.2) is 69.0 Å². The fourth-order valence-electron chi connectivity index (χ4n) is 2.27. The Hall–Kier alpha value is -3.34. The van der Waals surface area contributed by atoms with Crippen LogP contribution in [0.25, 0.3) is 0 Å². The smallest absolute Gasteiger partial charge is 0.354 e. The van der Waals surface area contributed by atoms with Crippen LogP contribution in [0.5, 0.6) is 0 Å². The molecule has 0 aliphatic heterocycles. The number of allylic oxidation sites excluding steroid dienone is 2. The molecule has 0 aromatic carbocycles. The minimum absolute atomic E-state index is 0. The summed E-state index contributed by atoms with van der Waals surface area (Å²) < 4.78 is 13.4. The van der Waals surface area contributed by atoms with Gasteiger partial charge in [-0.05, 0) is 18.9 Å². The number of methoxy groups -OCH3 is 3. The maximum atomic E-state index is 11.0. The summed E-state index contributed by atoms with van der Waals surface area (Å²) in [6.45, 7) is 18.3. The third-order valence-corrected chi connectivity index (χ3v) is 3.71. The summed E-state index contributed by atoms with van der Waals surface area (Å²) in [4.78, 5) is 64.6. The number of esters is 3. The van der Waals surface area contributed by atoms with E-state index in [0.717, 1.165) is 12.8 Å². The molecule has 1 radical (unpaired) electrons. The summed E-state index contributed by atoms with van der Waals surface area (Å²) in [7, 11) is 3.83. The third-order valence-electron chi connectivity index (χ3n) is 3.71. The number of hydrogen-bond acceptors (Lipinski definition) is 9. The molecule has 12 nitrogen and oxygen atoms in total. The quantitative estimate of drug-likeness (QED) is 0.0574. The van der Waals surface area contributed by atoms with E-state index < -0.39 is 24.0 Å². The molecule has 0 saturated carbocycles. The molecule has 40 heavy (non-hydrogen) atoms. The van der Waals surface area contributed by atoms with Crippen molar-refractivity contribution in [3.8, 4) is 0 Å². The molecular formula is C27H46N3O9Rh-. The van der Waals surface area contributed by atoms with Crippen molar-refractivity contribution in [1.29, 1.82) is 0 Å². The van der Waals surface area contributed by atoms with Crippen molar-refractivity contribution in [2.45, 2.75) is 72.4 Å². The molecule has 0 rings (SSSR count). The van der Waals surface area contributed by atoms with Crippen LogP contribution >= 0.6 is 0 Å². The molecule has 2 atom stereocenters. The maximum absolute atomic E-state index is 11.0. The number of nitrogens with one attached hydrogen (secondary N) is 3. The molecule has 3 amide bonds. The van der Waals surface area contributed by atoms with Crippen molar-refractivity contribution in [1.82, 2.24) is 16.0 Å². The van der Waals surface area contributed by atoms with Crippen molar-refractivity contribution in [3.63, 3.8) is 0 Å². The van der Waals surface area contributed by atoms with Gasteiger partial charge in [0.05, 0.1) is 21.3 Å². The molecular weight excluding hydrogens is 613 g/mol. The van der Waals surface area contributed by atoms with E-state index in [0.29, 0.717) is 12.8 Å². The predicted molar refractivity (Wildman–Crippen MR) is 149 cm³/mol. The number of rotatable bonds is 11. The monoisotopic (exact) mass is 659 g/mol. The summed E-state index contributed by atoms with van der Waals surface area (Å²) in [5.41, 5.74) is 0.0833. The van der Waals surface area contributed by atoms with E-state index >= 15 is 0 Å². The molecule has 0 unspecified atom stereocenters. The summed E-state index contributed by atoms with van der Waals surface area (Å²) in [6, 6.07) is -1.09. The van der Waals surface area contributed by atoms with Crippen LogP contribution in [0, 0.1) is 6.92 Å². The molecule has 0 bridgehead atoms. The number of amides is 3. The molecule has 0 aromatic heterocycles. The molecule has 0 aliphatic rings. The normalized spacial score (nSPS) is 10.6. The first-order valence-corrected chi connectivity index (χ1v) is 12.0. The van der Waals surface area contributed by atoms with Crippen molar-refractivity contribution < 1.29 is 62.5 Å². The summed E-state index contributed by atoms with van der Waals surface area (Å²) in [5.74, 6) is -2.22. The van der Waals surface area contributed by atoms with E-state index in [1.165, 1.54) is 54.3 Å². The molecule has 0 heterocycles. The van der Waals surface area contributed by atoms with Gasteiger partial charge in [0.25, 0.3) is 0 Å². The van der Waals surface area contributed by atoms with E-state index in [-0.39, 0.29) is 48.9 Å². The fourth-order valence-corrected chi connectivity index (χ4v) is 2.27.